The Morgan fingerprint density at radius 1 is 1.33 bits per heavy atom. The van der Waals surface area contributed by atoms with E-state index in [1.165, 1.54) is 13.3 Å². The summed E-state index contributed by atoms with van der Waals surface area (Å²) in [5.74, 6) is 0.599. The van der Waals surface area contributed by atoms with Crippen molar-refractivity contribution in [3.63, 3.8) is 0 Å². The molecule has 0 radical (unpaired) electrons. The van der Waals surface area contributed by atoms with Gasteiger partial charge in [-0.15, -0.1) is 0 Å². The highest BCUT2D eigenvalue weighted by molar-refractivity contribution is 5.93. The van der Waals surface area contributed by atoms with E-state index >= 15 is 0 Å². The third-order valence-electron chi connectivity index (χ3n) is 2.01. The predicted molar refractivity (Wildman–Crippen MR) is 57.7 cm³/mol. The van der Waals surface area contributed by atoms with Crippen molar-refractivity contribution in [1.29, 1.82) is 0 Å². The Balaban J connectivity index is 2.84. The maximum atomic E-state index is 11.6. The summed E-state index contributed by atoms with van der Waals surface area (Å²) in [7, 11) is 6.79. The fourth-order valence-electron chi connectivity index (χ4n) is 1.04. The minimum Gasteiger partial charge on any atom is -0.363 e. The topological polar surface area (TPSA) is 45.7 Å². The second kappa shape index (κ2) is 4.75. The lowest BCUT2D eigenvalue weighted by atomic mass is 10.2. The SMILES string of the molecule is CON(C)C(=O)c1ccc(N(C)C)nc1. The number of rotatable bonds is 3. The normalized spacial score (nSPS) is 9.87. The summed E-state index contributed by atoms with van der Waals surface area (Å²) in [6, 6.07) is 3.51. The Kier molecular flexibility index (Phi) is 3.62. The van der Waals surface area contributed by atoms with Crippen LogP contribution in [0.15, 0.2) is 18.3 Å². The van der Waals surface area contributed by atoms with Crippen LogP contribution in [0.5, 0.6) is 0 Å². The average Bonchev–Trinajstić information content (AvgIpc) is 2.27. The van der Waals surface area contributed by atoms with Crippen molar-refractivity contribution in [3.8, 4) is 0 Å². The second-order valence-electron chi connectivity index (χ2n) is 3.28. The van der Waals surface area contributed by atoms with Crippen molar-refractivity contribution < 1.29 is 9.63 Å². The van der Waals surface area contributed by atoms with Gasteiger partial charge in [0.05, 0.1) is 12.7 Å². The predicted octanol–water partition coefficient (Wildman–Crippen LogP) is 0.781. The molecule has 0 unspecified atom stereocenters. The van der Waals surface area contributed by atoms with Gasteiger partial charge < -0.3 is 4.90 Å². The van der Waals surface area contributed by atoms with Crippen LogP contribution in [0.3, 0.4) is 0 Å². The first-order valence-electron chi connectivity index (χ1n) is 4.51. The monoisotopic (exact) mass is 209 g/mol. The fraction of sp³-hybridized carbons (Fsp3) is 0.400. The van der Waals surface area contributed by atoms with E-state index in [1.807, 2.05) is 19.0 Å². The molecule has 0 saturated heterocycles. The lowest BCUT2D eigenvalue weighted by Gasteiger charge is -2.14. The quantitative estimate of drug-likeness (QED) is 0.690. The fourth-order valence-corrected chi connectivity index (χ4v) is 1.04. The third-order valence-corrected chi connectivity index (χ3v) is 2.01. The van der Waals surface area contributed by atoms with Crippen molar-refractivity contribution in [2.45, 2.75) is 0 Å². The summed E-state index contributed by atoms with van der Waals surface area (Å²) < 4.78 is 0. The molecule has 82 valence electrons. The van der Waals surface area contributed by atoms with E-state index in [-0.39, 0.29) is 5.91 Å². The first kappa shape index (κ1) is 11.5. The van der Waals surface area contributed by atoms with Gasteiger partial charge >= 0.3 is 0 Å². The molecule has 15 heavy (non-hydrogen) atoms. The van der Waals surface area contributed by atoms with Gasteiger partial charge in [0.15, 0.2) is 0 Å². The largest absolute Gasteiger partial charge is 0.363 e. The number of pyridine rings is 1. The lowest BCUT2D eigenvalue weighted by Crippen LogP contribution is -2.25. The standard InChI is InChI=1S/C10H15N3O2/c1-12(2)9-6-5-8(7-11-9)10(14)13(3)15-4/h5-7H,1-4H3. The average molecular weight is 209 g/mol. The first-order chi connectivity index (χ1) is 7.06. The van der Waals surface area contributed by atoms with Gasteiger partial charge in [0.1, 0.15) is 5.82 Å². The van der Waals surface area contributed by atoms with Crippen LogP contribution in [-0.2, 0) is 4.84 Å². The molecule has 1 rings (SSSR count). The molecule has 0 aliphatic heterocycles. The summed E-state index contributed by atoms with van der Waals surface area (Å²) in [5.41, 5.74) is 0.505. The highest BCUT2D eigenvalue weighted by Crippen LogP contribution is 2.09. The van der Waals surface area contributed by atoms with E-state index in [0.29, 0.717) is 5.56 Å². The van der Waals surface area contributed by atoms with Gasteiger partial charge in [0.25, 0.3) is 5.91 Å². The summed E-state index contributed by atoms with van der Waals surface area (Å²) >= 11 is 0. The number of nitrogens with zero attached hydrogens (tertiary/aromatic N) is 3. The molecular weight excluding hydrogens is 194 g/mol. The molecule has 1 aromatic heterocycles. The molecule has 1 amide bonds. The minimum absolute atomic E-state index is 0.213. The Morgan fingerprint density at radius 2 is 2.00 bits per heavy atom. The smallest absolute Gasteiger partial charge is 0.278 e. The summed E-state index contributed by atoms with van der Waals surface area (Å²) in [6.07, 6.45) is 1.53. The Hall–Kier alpha value is -1.62. The molecule has 1 heterocycles. The van der Waals surface area contributed by atoms with Crippen LogP contribution in [0, 0.1) is 0 Å². The van der Waals surface area contributed by atoms with E-state index in [2.05, 4.69) is 4.98 Å². The lowest BCUT2D eigenvalue weighted by molar-refractivity contribution is -0.0757. The first-order valence-corrected chi connectivity index (χ1v) is 4.51. The number of hydrogen-bond donors (Lipinski definition) is 0. The summed E-state index contributed by atoms with van der Waals surface area (Å²) in [4.78, 5) is 22.4. The molecule has 0 atom stereocenters. The number of hydrogen-bond acceptors (Lipinski definition) is 4. The van der Waals surface area contributed by atoms with Crippen molar-refractivity contribution in [3.05, 3.63) is 23.9 Å². The van der Waals surface area contributed by atoms with E-state index in [1.54, 1.807) is 19.2 Å². The molecule has 5 heteroatoms. The van der Waals surface area contributed by atoms with Gasteiger partial charge in [0.2, 0.25) is 0 Å². The van der Waals surface area contributed by atoms with Crippen LogP contribution >= 0.6 is 0 Å². The van der Waals surface area contributed by atoms with Crippen molar-refractivity contribution in [2.75, 3.05) is 33.2 Å². The molecule has 0 saturated carbocycles. The second-order valence-corrected chi connectivity index (χ2v) is 3.28. The maximum absolute atomic E-state index is 11.6. The van der Waals surface area contributed by atoms with Gasteiger partial charge in [-0.2, -0.15) is 0 Å². The number of carbonyl (C=O) groups excluding carboxylic acids is 1. The van der Waals surface area contributed by atoms with Gasteiger partial charge in [-0.05, 0) is 12.1 Å². The molecule has 0 bridgehead atoms. The van der Waals surface area contributed by atoms with E-state index in [0.717, 1.165) is 10.9 Å². The zero-order chi connectivity index (χ0) is 11.4. The van der Waals surface area contributed by atoms with Crippen LogP contribution in [0.1, 0.15) is 10.4 Å². The molecule has 0 aliphatic rings. The van der Waals surface area contributed by atoms with Gasteiger partial charge in [-0.25, -0.2) is 10.0 Å². The van der Waals surface area contributed by atoms with E-state index in [4.69, 9.17) is 4.84 Å². The maximum Gasteiger partial charge on any atom is 0.278 e. The Morgan fingerprint density at radius 3 is 2.40 bits per heavy atom. The number of amides is 1. The highest BCUT2D eigenvalue weighted by atomic mass is 16.7. The van der Waals surface area contributed by atoms with Crippen LogP contribution in [0.2, 0.25) is 0 Å². The molecule has 1 aromatic rings. The van der Waals surface area contributed by atoms with Crippen LogP contribution in [-0.4, -0.2) is 44.2 Å². The van der Waals surface area contributed by atoms with Gasteiger partial charge in [0, 0.05) is 27.3 Å². The van der Waals surface area contributed by atoms with E-state index in [9.17, 15) is 4.79 Å². The number of aromatic nitrogens is 1. The Bertz CT molecular complexity index is 335. The highest BCUT2D eigenvalue weighted by Gasteiger charge is 2.11. The third kappa shape index (κ3) is 2.66. The van der Waals surface area contributed by atoms with Crippen LogP contribution < -0.4 is 4.90 Å². The summed E-state index contributed by atoms with van der Waals surface area (Å²) in [5, 5.41) is 1.16. The van der Waals surface area contributed by atoms with Crippen molar-refractivity contribution in [1.82, 2.24) is 10.0 Å². The van der Waals surface area contributed by atoms with Crippen LogP contribution in [0.25, 0.3) is 0 Å². The molecular formula is C10H15N3O2. The molecule has 0 fully saturated rings. The molecule has 0 aromatic carbocycles. The molecule has 0 aliphatic carbocycles. The number of anilines is 1. The van der Waals surface area contributed by atoms with E-state index < -0.39 is 0 Å². The number of hydroxylamine groups is 2. The number of carbonyl (C=O) groups is 1. The molecule has 0 spiro atoms. The minimum atomic E-state index is -0.213. The summed E-state index contributed by atoms with van der Waals surface area (Å²) in [6.45, 7) is 0. The molecule has 5 nitrogen and oxygen atoms in total. The zero-order valence-electron chi connectivity index (χ0n) is 9.39. The van der Waals surface area contributed by atoms with Gasteiger partial charge in [-0.3, -0.25) is 9.63 Å². The Labute approximate surface area is 89.2 Å². The van der Waals surface area contributed by atoms with Crippen molar-refractivity contribution >= 4 is 11.7 Å². The van der Waals surface area contributed by atoms with Crippen LogP contribution in [0.4, 0.5) is 5.82 Å². The van der Waals surface area contributed by atoms with Crippen molar-refractivity contribution in [2.24, 2.45) is 0 Å². The van der Waals surface area contributed by atoms with Gasteiger partial charge in [-0.1, -0.05) is 0 Å². The molecule has 0 N–H and O–H groups in total. The zero-order valence-corrected chi connectivity index (χ0v) is 9.39.